The quantitative estimate of drug-likeness (QED) is 0.649. The minimum Gasteiger partial charge on any atom is -0.293 e. The molecule has 27 heavy (non-hydrogen) atoms. The van der Waals surface area contributed by atoms with Gasteiger partial charge in [0.1, 0.15) is 0 Å². The first-order chi connectivity index (χ1) is 13.2. The molecule has 0 N–H and O–H groups in total. The zero-order valence-corrected chi connectivity index (χ0v) is 14.8. The van der Waals surface area contributed by atoms with Crippen LogP contribution < -0.4 is 0 Å². The number of Topliss-reactive ketones (excluding diaryl/α,β-unsaturated/α-hetero) is 2. The smallest absolute Gasteiger partial charge is 0.174 e. The molecule has 0 amide bonds. The fraction of sp³-hybridized carbons (Fsp3) is 0.120. The van der Waals surface area contributed by atoms with Crippen LogP contribution in [0.25, 0.3) is 16.7 Å². The maximum Gasteiger partial charge on any atom is 0.174 e. The second kappa shape index (κ2) is 4.92. The monoisotopic (exact) mass is 348 g/mol. The van der Waals surface area contributed by atoms with Gasteiger partial charge in [0.15, 0.2) is 11.6 Å². The van der Waals surface area contributed by atoms with Crippen molar-refractivity contribution in [2.24, 2.45) is 5.92 Å². The lowest BCUT2D eigenvalue weighted by Crippen LogP contribution is -2.29. The molecule has 6 rings (SSSR count). The van der Waals surface area contributed by atoms with Crippen LogP contribution in [0, 0.1) is 5.92 Å². The Labute approximate surface area is 157 Å². The first-order valence-corrected chi connectivity index (χ1v) is 9.29. The van der Waals surface area contributed by atoms with Crippen LogP contribution in [0.15, 0.2) is 77.9 Å². The van der Waals surface area contributed by atoms with Crippen molar-refractivity contribution in [1.29, 1.82) is 0 Å². The van der Waals surface area contributed by atoms with Gasteiger partial charge in [-0.3, -0.25) is 9.59 Å². The van der Waals surface area contributed by atoms with Gasteiger partial charge in [0.25, 0.3) is 0 Å². The Morgan fingerprint density at radius 1 is 0.778 bits per heavy atom. The van der Waals surface area contributed by atoms with E-state index in [1.54, 1.807) is 0 Å². The van der Waals surface area contributed by atoms with Gasteiger partial charge in [-0.05, 0) is 45.9 Å². The van der Waals surface area contributed by atoms with E-state index in [0.29, 0.717) is 0 Å². The second-order valence-electron chi connectivity index (χ2n) is 7.60. The van der Waals surface area contributed by atoms with E-state index in [1.807, 2.05) is 54.6 Å². The summed E-state index contributed by atoms with van der Waals surface area (Å²) in [6.45, 7) is 2.06. The van der Waals surface area contributed by atoms with Crippen molar-refractivity contribution < 1.29 is 9.59 Å². The largest absolute Gasteiger partial charge is 0.293 e. The Hall–Kier alpha value is -3.26. The summed E-state index contributed by atoms with van der Waals surface area (Å²) >= 11 is 0. The van der Waals surface area contributed by atoms with Gasteiger partial charge in [-0.15, -0.1) is 0 Å². The number of hydrogen-bond donors (Lipinski definition) is 0. The van der Waals surface area contributed by atoms with Crippen LogP contribution in [0.5, 0.6) is 0 Å². The predicted octanol–water partition coefficient (Wildman–Crippen LogP) is 5.29. The zero-order chi connectivity index (χ0) is 18.3. The standard InChI is InChI=1S/C25H16O2/c1-13-5-4-8-18-21(13)17-10-12-19-22-15(9-11-20(23(17)22)25(18)27)14-6-2-3-7-16(14)24(19)26/h2-12,18-19H,1H3. The summed E-state index contributed by atoms with van der Waals surface area (Å²) in [4.78, 5) is 26.4. The van der Waals surface area contributed by atoms with Gasteiger partial charge in [-0.25, -0.2) is 0 Å². The lowest BCUT2D eigenvalue weighted by Gasteiger charge is -2.37. The normalized spacial score (nSPS) is 23.7. The van der Waals surface area contributed by atoms with E-state index >= 15 is 0 Å². The van der Waals surface area contributed by atoms with Gasteiger partial charge in [-0.2, -0.15) is 0 Å². The topological polar surface area (TPSA) is 34.1 Å². The molecule has 128 valence electrons. The fourth-order valence-electron chi connectivity index (χ4n) is 5.10. The Bertz CT molecular complexity index is 1220. The summed E-state index contributed by atoms with van der Waals surface area (Å²) in [5, 5.41) is 0. The van der Waals surface area contributed by atoms with Crippen LogP contribution in [-0.4, -0.2) is 11.6 Å². The number of carbonyl (C=O) groups excluding carboxylic acids is 2. The molecule has 0 saturated carbocycles. The summed E-state index contributed by atoms with van der Waals surface area (Å²) in [6, 6.07) is 11.8. The molecule has 2 atom stereocenters. The molecule has 0 fully saturated rings. The Balaban J connectivity index is 1.76. The lowest BCUT2D eigenvalue weighted by atomic mass is 9.65. The first kappa shape index (κ1) is 14.9. The molecule has 4 aliphatic carbocycles. The van der Waals surface area contributed by atoms with Crippen LogP contribution >= 0.6 is 0 Å². The highest BCUT2D eigenvalue weighted by molar-refractivity contribution is 6.18. The molecule has 4 aliphatic rings. The van der Waals surface area contributed by atoms with Gasteiger partial charge in [0, 0.05) is 11.1 Å². The number of ketones is 2. The average Bonchev–Trinajstić information content (AvgIpc) is 2.70. The molecular formula is C25H16O2. The number of allylic oxidation sites excluding steroid dienone is 8. The van der Waals surface area contributed by atoms with Gasteiger partial charge in [0.2, 0.25) is 0 Å². The molecule has 0 heterocycles. The number of hydrogen-bond acceptors (Lipinski definition) is 2. The summed E-state index contributed by atoms with van der Waals surface area (Å²) < 4.78 is 0. The highest BCUT2D eigenvalue weighted by Gasteiger charge is 2.41. The van der Waals surface area contributed by atoms with Crippen molar-refractivity contribution >= 4 is 17.1 Å². The Morgan fingerprint density at radius 2 is 1.52 bits per heavy atom. The SMILES string of the molecule is CC1=CC=CC2C(=O)c3ccc4c5c3C(=C12)C=CC5C(=O)c1ccccc1-4. The minimum absolute atomic E-state index is 0.122. The van der Waals surface area contributed by atoms with Crippen molar-refractivity contribution in [2.45, 2.75) is 12.8 Å². The van der Waals surface area contributed by atoms with Crippen molar-refractivity contribution in [2.75, 3.05) is 0 Å². The molecule has 2 nitrogen and oxygen atoms in total. The maximum absolute atomic E-state index is 13.3. The third-order valence-corrected chi connectivity index (χ3v) is 6.27. The van der Waals surface area contributed by atoms with E-state index in [-0.39, 0.29) is 23.4 Å². The highest BCUT2D eigenvalue weighted by Crippen LogP contribution is 2.52. The van der Waals surface area contributed by atoms with Crippen LogP contribution in [0.1, 0.15) is 44.7 Å². The van der Waals surface area contributed by atoms with Crippen LogP contribution in [0.2, 0.25) is 0 Å². The van der Waals surface area contributed by atoms with Gasteiger partial charge >= 0.3 is 0 Å². The molecule has 0 spiro atoms. The van der Waals surface area contributed by atoms with E-state index in [9.17, 15) is 9.59 Å². The summed E-state index contributed by atoms with van der Waals surface area (Å²) in [6.07, 6.45) is 10.1. The van der Waals surface area contributed by atoms with E-state index < -0.39 is 0 Å². The molecule has 0 bridgehead atoms. The van der Waals surface area contributed by atoms with E-state index in [4.69, 9.17) is 0 Å². The van der Waals surface area contributed by atoms with Crippen LogP contribution in [-0.2, 0) is 0 Å². The molecule has 2 heteroatoms. The van der Waals surface area contributed by atoms with E-state index in [0.717, 1.165) is 50.1 Å². The molecule has 0 saturated heterocycles. The summed E-state index contributed by atoms with van der Waals surface area (Å²) in [5.74, 6) is -0.266. The summed E-state index contributed by atoms with van der Waals surface area (Å²) in [5.41, 5.74) is 8.87. The number of carbonyl (C=O) groups is 2. The van der Waals surface area contributed by atoms with Crippen molar-refractivity contribution in [3.63, 3.8) is 0 Å². The van der Waals surface area contributed by atoms with E-state index in [2.05, 4.69) is 19.1 Å². The van der Waals surface area contributed by atoms with Crippen LogP contribution in [0.3, 0.4) is 0 Å². The molecule has 2 unspecified atom stereocenters. The Morgan fingerprint density at radius 3 is 2.37 bits per heavy atom. The Kier molecular flexibility index (Phi) is 2.71. The van der Waals surface area contributed by atoms with Crippen molar-refractivity contribution in [3.05, 3.63) is 100 Å². The number of rotatable bonds is 0. The van der Waals surface area contributed by atoms with E-state index in [1.165, 1.54) is 0 Å². The second-order valence-corrected chi connectivity index (χ2v) is 7.60. The highest BCUT2D eigenvalue weighted by atomic mass is 16.1. The van der Waals surface area contributed by atoms with Gasteiger partial charge in [0.05, 0.1) is 11.8 Å². The lowest BCUT2D eigenvalue weighted by molar-refractivity contribution is 0.0951. The number of benzene rings is 2. The van der Waals surface area contributed by atoms with Crippen molar-refractivity contribution in [3.8, 4) is 11.1 Å². The molecule has 2 aromatic rings. The number of fused-ring (bicyclic) bond motifs is 3. The average molecular weight is 348 g/mol. The zero-order valence-electron chi connectivity index (χ0n) is 14.8. The maximum atomic E-state index is 13.3. The summed E-state index contributed by atoms with van der Waals surface area (Å²) in [7, 11) is 0. The third kappa shape index (κ3) is 1.71. The molecule has 2 aromatic carbocycles. The van der Waals surface area contributed by atoms with Crippen molar-refractivity contribution in [1.82, 2.24) is 0 Å². The predicted molar refractivity (Wildman–Crippen MR) is 106 cm³/mol. The molecule has 0 aromatic heterocycles. The third-order valence-electron chi connectivity index (χ3n) is 6.27. The fourth-order valence-corrected chi connectivity index (χ4v) is 5.10. The molecule has 0 aliphatic heterocycles. The van der Waals surface area contributed by atoms with Gasteiger partial charge in [-0.1, -0.05) is 66.8 Å². The van der Waals surface area contributed by atoms with Crippen LogP contribution in [0.4, 0.5) is 0 Å². The van der Waals surface area contributed by atoms with Gasteiger partial charge < -0.3 is 0 Å². The molecule has 0 radical (unpaired) electrons. The first-order valence-electron chi connectivity index (χ1n) is 9.29. The minimum atomic E-state index is -0.304. The molecular weight excluding hydrogens is 332 g/mol.